The highest BCUT2D eigenvalue weighted by Crippen LogP contribution is 2.24. The molecular formula is C18H18BrN3O. The summed E-state index contributed by atoms with van der Waals surface area (Å²) in [6.45, 7) is 4.09. The lowest BCUT2D eigenvalue weighted by atomic mass is 10.2. The highest BCUT2D eigenvalue weighted by atomic mass is 79.9. The third-order valence-electron chi connectivity index (χ3n) is 3.62. The topological polar surface area (TPSA) is 46.4 Å². The fraction of sp³-hybridized carbons (Fsp3) is 0.222. The molecule has 118 valence electrons. The summed E-state index contributed by atoms with van der Waals surface area (Å²) in [5, 5.41) is 2.96. The van der Waals surface area contributed by atoms with Gasteiger partial charge in [0.15, 0.2) is 5.65 Å². The Morgan fingerprint density at radius 3 is 2.74 bits per heavy atom. The van der Waals surface area contributed by atoms with Crippen molar-refractivity contribution in [1.29, 1.82) is 0 Å². The van der Waals surface area contributed by atoms with Crippen molar-refractivity contribution in [2.45, 2.75) is 26.7 Å². The van der Waals surface area contributed by atoms with Crippen LogP contribution in [0.2, 0.25) is 0 Å². The molecule has 0 aliphatic carbocycles. The van der Waals surface area contributed by atoms with Gasteiger partial charge >= 0.3 is 0 Å². The Balaban J connectivity index is 2.10. The zero-order valence-electron chi connectivity index (χ0n) is 13.1. The smallest absolute Gasteiger partial charge is 0.274 e. The number of hydrogen-bond acceptors (Lipinski definition) is 2. The standard InChI is InChI=1S/C18H18BrN3O/c1-3-7-15-16(18(23)20-13-8-5-4-6-9-13)22-11-12(2)10-14(19)17(22)21-15/h4-6,8-11H,3,7H2,1-2H3,(H,20,23). The highest BCUT2D eigenvalue weighted by molar-refractivity contribution is 9.10. The van der Waals surface area contributed by atoms with Crippen LogP contribution in [0.1, 0.15) is 35.1 Å². The van der Waals surface area contributed by atoms with Crippen molar-refractivity contribution in [3.05, 3.63) is 64.0 Å². The van der Waals surface area contributed by atoms with Crippen LogP contribution in [0.25, 0.3) is 5.65 Å². The molecule has 0 saturated carbocycles. The van der Waals surface area contributed by atoms with E-state index in [1.54, 1.807) is 0 Å². The number of para-hydroxylation sites is 1. The molecule has 0 radical (unpaired) electrons. The normalized spacial score (nSPS) is 10.9. The number of imidazole rings is 1. The van der Waals surface area contributed by atoms with Crippen LogP contribution >= 0.6 is 15.9 Å². The molecule has 1 amide bonds. The second-order valence-electron chi connectivity index (χ2n) is 5.54. The molecule has 4 nitrogen and oxygen atoms in total. The lowest BCUT2D eigenvalue weighted by Crippen LogP contribution is -2.16. The molecule has 0 bridgehead atoms. The van der Waals surface area contributed by atoms with Crippen LogP contribution < -0.4 is 5.32 Å². The number of pyridine rings is 1. The van der Waals surface area contributed by atoms with Crippen molar-refractivity contribution >= 4 is 33.2 Å². The predicted octanol–water partition coefficient (Wildman–Crippen LogP) is 4.61. The first-order valence-corrected chi connectivity index (χ1v) is 8.43. The van der Waals surface area contributed by atoms with E-state index in [9.17, 15) is 4.79 Å². The minimum Gasteiger partial charge on any atom is -0.321 e. The van der Waals surface area contributed by atoms with Crippen molar-refractivity contribution in [1.82, 2.24) is 9.38 Å². The number of anilines is 1. The number of hydrogen-bond donors (Lipinski definition) is 1. The first-order valence-electron chi connectivity index (χ1n) is 7.63. The summed E-state index contributed by atoms with van der Waals surface area (Å²) in [6, 6.07) is 11.5. The molecule has 0 atom stereocenters. The van der Waals surface area contributed by atoms with Crippen LogP contribution in [0, 0.1) is 6.92 Å². The Labute approximate surface area is 143 Å². The Kier molecular flexibility index (Phi) is 4.48. The van der Waals surface area contributed by atoms with E-state index < -0.39 is 0 Å². The lowest BCUT2D eigenvalue weighted by molar-refractivity contribution is 0.102. The third kappa shape index (κ3) is 3.15. The number of amides is 1. The highest BCUT2D eigenvalue weighted by Gasteiger charge is 2.20. The van der Waals surface area contributed by atoms with E-state index >= 15 is 0 Å². The van der Waals surface area contributed by atoms with Gasteiger partial charge in [-0.05, 0) is 53.0 Å². The molecule has 0 saturated heterocycles. The van der Waals surface area contributed by atoms with Crippen molar-refractivity contribution < 1.29 is 4.79 Å². The monoisotopic (exact) mass is 371 g/mol. The zero-order valence-corrected chi connectivity index (χ0v) is 14.7. The molecule has 3 rings (SSSR count). The number of carbonyl (C=O) groups is 1. The fourth-order valence-corrected chi connectivity index (χ4v) is 3.28. The Morgan fingerprint density at radius 2 is 2.04 bits per heavy atom. The predicted molar refractivity (Wildman–Crippen MR) is 96.0 cm³/mol. The van der Waals surface area contributed by atoms with Gasteiger partial charge in [0, 0.05) is 11.9 Å². The quantitative estimate of drug-likeness (QED) is 0.727. The third-order valence-corrected chi connectivity index (χ3v) is 4.20. The molecule has 0 fully saturated rings. The second kappa shape index (κ2) is 6.54. The maximum absolute atomic E-state index is 12.8. The van der Waals surface area contributed by atoms with Gasteiger partial charge in [-0.25, -0.2) is 4.98 Å². The Hall–Kier alpha value is -2.14. The Morgan fingerprint density at radius 1 is 1.30 bits per heavy atom. The van der Waals surface area contributed by atoms with Gasteiger partial charge in [0.2, 0.25) is 0 Å². The van der Waals surface area contributed by atoms with E-state index in [1.807, 2.05) is 53.9 Å². The van der Waals surface area contributed by atoms with Crippen LogP contribution in [0.3, 0.4) is 0 Å². The molecule has 1 N–H and O–H groups in total. The number of halogens is 1. The second-order valence-corrected chi connectivity index (χ2v) is 6.39. The van der Waals surface area contributed by atoms with Gasteiger partial charge in [0.1, 0.15) is 5.69 Å². The van der Waals surface area contributed by atoms with E-state index in [4.69, 9.17) is 0 Å². The van der Waals surface area contributed by atoms with Crippen molar-refractivity contribution in [3.63, 3.8) is 0 Å². The maximum Gasteiger partial charge on any atom is 0.274 e. The molecule has 0 aliphatic heterocycles. The van der Waals surface area contributed by atoms with Gasteiger partial charge in [-0.1, -0.05) is 31.5 Å². The Bertz CT molecular complexity index is 856. The summed E-state index contributed by atoms with van der Waals surface area (Å²) >= 11 is 3.55. The van der Waals surface area contributed by atoms with Gasteiger partial charge in [-0.3, -0.25) is 9.20 Å². The van der Waals surface area contributed by atoms with E-state index in [2.05, 4.69) is 33.2 Å². The molecule has 2 heterocycles. The van der Waals surface area contributed by atoms with Crippen LogP contribution in [0.15, 0.2) is 47.1 Å². The first-order chi connectivity index (χ1) is 11.1. The molecule has 5 heteroatoms. The van der Waals surface area contributed by atoms with Gasteiger partial charge in [0.05, 0.1) is 10.2 Å². The van der Waals surface area contributed by atoms with Crippen LogP contribution in [0.5, 0.6) is 0 Å². The number of aromatic nitrogens is 2. The van der Waals surface area contributed by atoms with Crippen molar-refractivity contribution in [2.24, 2.45) is 0 Å². The average molecular weight is 372 g/mol. The number of aryl methyl sites for hydroxylation is 2. The number of nitrogens with one attached hydrogen (secondary N) is 1. The van der Waals surface area contributed by atoms with Gasteiger partial charge in [-0.2, -0.15) is 0 Å². The molecule has 0 spiro atoms. The van der Waals surface area contributed by atoms with E-state index in [1.165, 1.54) is 0 Å². The van der Waals surface area contributed by atoms with E-state index in [0.717, 1.165) is 39.9 Å². The largest absolute Gasteiger partial charge is 0.321 e. The molecule has 0 aliphatic rings. The summed E-state index contributed by atoms with van der Waals surface area (Å²) in [5.41, 5.74) is 4.06. The maximum atomic E-state index is 12.8. The lowest BCUT2D eigenvalue weighted by Gasteiger charge is -2.07. The molecule has 0 unspecified atom stereocenters. The number of nitrogens with zero attached hydrogens (tertiary/aromatic N) is 2. The minimum atomic E-state index is -0.135. The summed E-state index contributed by atoms with van der Waals surface area (Å²) in [4.78, 5) is 17.5. The van der Waals surface area contributed by atoms with Gasteiger partial charge in [0.25, 0.3) is 5.91 Å². The van der Waals surface area contributed by atoms with Gasteiger partial charge in [-0.15, -0.1) is 0 Å². The SMILES string of the molecule is CCCc1nc2c(Br)cc(C)cn2c1C(=O)Nc1ccccc1. The summed E-state index contributed by atoms with van der Waals surface area (Å²) < 4.78 is 2.77. The van der Waals surface area contributed by atoms with Crippen molar-refractivity contribution in [2.75, 3.05) is 5.32 Å². The number of carbonyl (C=O) groups excluding carboxylic acids is 1. The first kappa shape index (κ1) is 15.7. The zero-order chi connectivity index (χ0) is 16.4. The number of fused-ring (bicyclic) bond motifs is 1. The molecular weight excluding hydrogens is 354 g/mol. The van der Waals surface area contributed by atoms with Crippen molar-refractivity contribution in [3.8, 4) is 0 Å². The average Bonchev–Trinajstić information content (AvgIpc) is 2.87. The molecule has 2 aromatic heterocycles. The number of rotatable bonds is 4. The minimum absolute atomic E-state index is 0.135. The summed E-state index contributed by atoms with van der Waals surface area (Å²) in [5.74, 6) is -0.135. The molecule has 1 aromatic carbocycles. The van der Waals surface area contributed by atoms with E-state index in [-0.39, 0.29) is 5.91 Å². The van der Waals surface area contributed by atoms with Crippen LogP contribution in [-0.4, -0.2) is 15.3 Å². The summed E-state index contributed by atoms with van der Waals surface area (Å²) in [7, 11) is 0. The van der Waals surface area contributed by atoms with Crippen LogP contribution in [0.4, 0.5) is 5.69 Å². The molecule has 3 aromatic rings. The van der Waals surface area contributed by atoms with Crippen LogP contribution in [-0.2, 0) is 6.42 Å². The fourth-order valence-electron chi connectivity index (χ4n) is 2.64. The number of benzene rings is 1. The van der Waals surface area contributed by atoms with Gasteiger partial charge < -0.3 is 5.32 Å². The van der Waals surface area contributed by atoms with E-state index in [0.29, 0.717) is 5.69 Å². The molecule has 23 heavy (non-hydrogen) atoms. The summed E-state index contributed by atoms with van der Waals surface area (Å²) in [6.07, 6.45) is 3.66.